The zero-order chi connectivity index (χ0) is 14.3. The summed E-state index contributed by atoms with van der Waals surface area (Å²) in [5.74, 6) is -0.360. The molecule has 0 heterocycles. The van der Waals surface area contributed by atoms with Crippen LogP contribution in [0, 0.1) is 6.92 Å². The van der Waals surface area contributed by atoms with Crippen molar-refractivity contribution in [2.75, 3.05) is 0 Å². The molecule has 0 saturated carbocycles. The van der Waals surface area contributed by atoms with Gasteiger partial charge in [0.2, 0.25) is 5.91 Å². The van der Waals surface area contributed by atoms with Crippen molar-refractivity contribution in [1.82, 2.24) is 0 Å². The monoisotopic (exact) mass is 257 g/mol. The first-order valence-electron chi connectivity index (χ1n) is 5.95. The maximum Gasteiger partial charge on any atom is 0.221 e. The van der Waals surface area contributed by atoms with Crippen molar-refractivity contribution in [2.45, 2.75) is 13.3 Å². The lowest BCUT2D eigenvalue weighted by Gasteiger charge is -2.09. The second-order valence-corrected chi connectivity index (χ2v) is 4.12. The molecule has 0 aliphatic heterocycles. The molecule has 4 heteroatoms. The standard InChI is InChI=1S/C15H19N3O/c1-11-5-2-7-13(14(17)8-4-10-16)12(11)6-3-9-15(18)19/h2-8,10H,9,16-17H2,1H3,(H2,18,19)/b6-3-,10-4-,14-8-. The van der Waals surface area contributed by atoms with E-state index in [2.05, 4.69) is 0 Å². The summed E-state index contributed by atoms with van der Waals surface area (Å²) in [5.41, 5.74) is 20.0. The van der Waals surface area contributed by atoms with E-state index in [1.54, 1.807) is 18.2 Å². The van der Waals surface area contributed by atoms with Crippen molar-refractivity contribution in [3.8, 4) is 0 Å². The van der Waals surface area contributed by atoms with Crippen LogP contribution in [0.2, 0.25) is 0 Å². The smallest absolute Gasteiger partial charge is 0.221 e. The van der Waals surface area contributed by atoms with Crippen LogP contribution in [0.5, 0.6) is 0 Å². The van der Waals surface area contributed by atoms with E-state index in [1.807, 2.05) is 31.2 Å². The van der Waals surface area contributed by atoms with Gasteiger partial charge >= 0.3 is 0 Å². The Kier molecular flexibility index (Phi) is 5.41. The molecule has 4 nitrogen and oxygen atoms in total. The lowest BCUT2D eigenvalue weighted by Crippen LogP contribution is -2.08. The summed E-state index contributed by atoms with van der Waals surface area (Å²) in [4.78, 5) is 10.7. The predicted molar refractivity (Wildman–Crippen MR) is 79.5 cm³/mol. The number of hydrogen-bond donors (Lipinski definition) is 3. The number of carbonyl (C=O) groups excluding carboxylic acids is 1. The summed E-state index contributed by atoms with van der Waals surface area (Å²) < 4.78 is 0. The Morgan fingerprint density at radius 2 is 2.05 bits per heavy atom. The normalized spacial score (nSPS) is 12.4. The minimum Gasteiger partial charge on any atom is -0.405 e. The molecule has 0 fully saturated rings. The molecule has 0 radical (unpaired) electrons. The lowest BCUT2D eigenvalue weighted by molar-refractivity contribution is -0.117. The van der Waals surface area contributed by atoms with E-state index >= 15 is 0 Å². The van der Waals surface area contributed by atoms with Gasteiger partial charge in [-0.1, -0.05) is 30.4 Å². The average molecular weight is 257 g/mol. The van der Waals surface area contributed by atoms with E-state index < -0.39 is 0 Å². The Morgan fingerprint density at radius 1 is 1.32 bits per heavy atom. The molecule has 6 N–H and O–H groups in total. The van der Waals surface area contributed by atoms with Crippen molar-refractivity contribution in [3.05, 3.63) is 59.3 Å². The van der Waals surface area contributed by atoms with Gasteiger partial charge in [0.25, 0.3) is 0 Å². The second kappa shape index (κ2) is 7.06. The number of benzene rings is 1. The molecule has 19 heavy (non-hydrogen) atoms. The van der Waals surface area contributed by atoms with E-state index in [0.29, 0.717) is 5.70 Å². The number of allylic oxidation sites excluding steroid dienone is 2. The van der Waals surface area contributed by atoms with E-state index in [0.717, 1.165) is 16.7 Å². The average Bonchev–Trinajstić information content (AvgIpc) is 2.37. The number of nitrogens with two attached hydrogens (primary N) is 3. The third kappa shape index (κ3) is 4.35. The molecular weight excluding hydrogens is 238 g/mol. The second-order valence-electron chi connectivity index (χ2n) is 4.12. The van der Waals surface area contributed by atoms with E-state index in [9.17, 15) is 4.79 Å². The summed E-state index contributed by atoms with van der Waals surface area (Å²) in [6.45, 7) is 1.99. The number of amides is 1. The van der Waals surface area contributed by atoms with Gasteiger partial charge in [-0.3, -0.25) is 4.79 Å². The summed E-state index contributed by atoms with van der Waals surface area (Å²) in [6.07, 6.45) is 8.64. The van der Waals surface area contributed by atoms with Crippen LogP contribution >= 0.6 is 0 Å². The molecule has 1 rings (SSSR count). The highest BCUT2D eigenvalue weighted by atomic mass is 16.1. The highest BCUT2D eigenvalue weighted by Gasteiger charge is 2.04. The van der Waals surface area contributed by atoms with Crippen molar-refractivity contribution < 1.29 is 4.79 Å². The summed E-state index contributed by atoms with van der Waals surface area (Å²) >= 11 is 0. The molecule has 0 bridgehead atoms. The fourth-order valence-corrected chi connectivity index (χ4v) is 1.70. The predicted octanol–water partition coefficient (Wildman–Crippen LogP) is 1.66. The largest absolute Gasteiger partial charge is 0.405 e. The molecule has 0 saturated heterocycles. The fraction of sp³-hybridized carbons (Fsp3) is 0.133. The highest BCUT2D eigenvalue weighted by molar-refractivity contribution is 5.79. The SMILES string of the molecule is Cc1cccc(/C(N)=C/C=C\N)c1/C=C\CC(N)=O. The maximum atomic E-state index is 10.7. The zero-order valence-corrected chi connectivity index (χ0v) is 11.0. The van der Waals surface area contributed by atoms with Gasteiger partial charge in [0.15, 0.2) is 0 Å². The molecule has 1 amide bonds. The van der Waals surface area contributed by atoms with Crippen LogP contribution in [0.4, 0.5) is 0 Å². The third-order valence-corrected chi connectivity index (χ3v) is 2.63. The zero-order valence-electron chi connectivity index (χ0n) is 11.0. The maximum absolute atomic E-state index is 10.7. The quantitative estimate of drug-likeness (QED) is 0.700. The van der Waals surface area contributed by atoms with Crippen molar-refractivity contribution in [1.29, 1.82) is 0 Å². The molecular formula is C15H19N3O. The van der Waals surface area contributed by atoms with Gasteiger partial charge in [0, 0.05) is 17.7 Å². The van der Waals surface area contributed by atoms with Crippen LogP contribution in [0.25, 0.3) is 11.8 Å². The van der Waals surface area contributed by atoms with E-state index in [-0.39, 0.29) is 12.3 Å². The molecule has 0 spiro atoms. The van der Waals surface area contributed by atoms with Gasteiger partial charge in [-0.2, -0.15) is 0 Å². The van der Waals surface area contributed by atoms with Crippen LogP contribution < -0.4 is 17.2 Å². The molecule has 0 aliphatic carbocycles. The Labute approximate surface area is 113 Å². The van der Waals surface area contributed by atoms with Gasteiger partial charge in [0.05, 0.1) is 0 Å². The Balaban J connectivity index is 3.15. The minimum absolute atomic E-state index is 0.208. The molecule has 1 aromatic carbocycles. The van der Waals surface area contributed by atoms with Crippen LogP contribution in [0.1, 0.15) is 23.1 Å². The van der Waals surface area contributed by atoms with Crippen LogP contribution in [0.3, 0.4) is 0 Å². The lowest BCUT2D eigenvalue weighted by atomic mass is 9.98. The Bertz CT molecular complexity index is 542. The van der Waals surface area contributed by atoms with Gasteiger partial charge in [0.1, 0.15) is 0 Å². The summed E-state index contributed by atoms with van der Waals surface area (Å²) in [6, 6.07) is 5.84. The number of aryl methyl sites for hydroxylation is 1. The van der Waals surface area contributed by atoms with Crippen molar-refractivity contribution in [3.63, 3.8) is 0 Å². The summed E-state index contributed by atoms with van der Waals surface area (Å²) in [5, 5.41) is 0. The van der Waals surface area contributed by atoms with E-state index in [1.165, 1.54) is 6.20 Å². The number of hydrogen-bond acceptors (Lipinski definition) is 3. The third-order valence-electron chi connectivity index (χ3n) is 2.63. The molecule has 0 aliphatic rings. The number of rotatable bonds is 5. The van der Waals surface area contributed by atoms with Gasteiger partial charge < -0.3 is 17.2 Å². The molecule has 1 aromatic rings. The topological polar surface area (TPSA) is 95.1 Å². The Hall–Kier alpha value is -2.49. The summed E-state index contributed by atoms with van der Waals surface area (Å²) in [7, 11) is 0. The van der Waals surface area contributed by atoms with Crippen LogP contribution in [0.15, 0.2) is 42.6 Å². The minimum atomic E-state index is -0.360. The first kappa shape index (κ1) is 14.6. The van der Waals surface area contributed by atoms with Gasteiger partial charge in [-0.25, -0.2) is 0 Å². The number of primary amides is 1. The van der Waals surface area contributed by atoms with Crippen LogP contribution in [-0.2, 0) is 4.79 Å². The first-order chi connectivity index (χ1) is 9.06. The highest BCUT2D eigenvalue weighted by Crippen LogP contribution is 2.21. The molecule has 0 unspecified atom stereocenters. The molecule has 0 aromatic heterocycles. The first-order valence-corrected chi connectivity index (χ1v) is 5.95. The fourth-order valence-electron chi connectivity index (χ4n) is 1.70. The molecule has 100 valence electrons. The van der Waals surface area contributed by atoms with Crippen molar-refractivity contribution in [2.24, 2.45) is 17.2 Å². The van der Waals surface area contributed by atoms with Gasteiger partial charge in [-0.05, 0) is 36.4 Å². The molecule has 0 atom stereocenters. The Morgan fingerprint density at radius 3 is 2.68 bits per heavy atom. The van der Waals surface area contributed by atoms with Crippen molar-refractivity contribution >= 4 is 17.7 Å². The number of carbonyl (C=O) groups is 1. The van der Waals surface area contributed by atoms with Gasteiger partial charge in [-0.15, -0.1) is 0 Å². The van der Waals surface area contributed by atoms with E-state index in [4.69, 9.17) is 17.2 Å². The van der Waals surface area contributed by atoms with Crippen LogP contribution in [-0.4, -0.2) is 5.91 Å².